The Morgan fingerprint density at radius 3 is 1.12 bits per heavy atom. The molecule has 0 aliphatic carbocycles. The zero-order valence-electron chi connectivity index (χ0n) is 35.5. The fraction of sp³-hybridized carbons (Fsp3) is 0.391. The van der Waals surface area contributed by atoms with Crippen LogP contribution in [-0.2, 0) is 21.0 Å². The van der Waals surface area contributed by atoms with Gasteiger partial charge >= 0.3 is 0 Å². The number of carbonyl (C=O) groups is 2. The number of nitrogens with one attached hydrogen (secondary N) is 2. The number of aliphatic imine (C=N–C) groups is 2. The van der Waals surface area contributed by atoms with E-state index in [1.165, 1.54) is 0 Å². The van der Waals surface area contributed by atoms with Gasteiger partial charge in [-0.3, -0.25) is 9.59 Å². The van der Waals surface area contributed by atoms with Gasteiger partial charge in [0, 0.05) is 54.5 Å². The lowest BCUT2D eigenvalue weighted by atomic mass is 9.96. The van der Waals surface area contributed by atoms with Gasteiger partial charge in [0.25, 0.3) is 11.8 Å². The molecule has 58 heavy (non-hydrogen) atoms. The summed E-state index contributed by atoms with van der Waals surface area (Å²) in [6, 6.07) is 29.2. The molecule has 2 atom stereocenters. The van der Waals surface area contributed by atoms with Crippen molar-refractivity contribution < 1.29 is 19.8 Å². The summed E-state index contributed by atoms with van der Waals surface area (Å²) >= 11 is 12.6. The van der Waals surface area contributed by atoms with Crippen LogP contribution in [0.4, 0.5) is 11.4 Å². The number of nitrogens with zero attached hydrogens (tertiary/aromatic N) is 4. The fourth-order valence-corrected chi connectivity index (χ4v) is 7.52. The van der Waals surface area contributed by atoms with Crippen LogP contribution in [0.3, 0.4) is 0 Å². The zero-order chi connectivity index (χ0) is 43.2. The first-order valence-corrected chi connectivity index (χ1v) is 20.0. The first-order chi connectivity index (χ1) is 26.7. The highest BCUT2D eigenvalue weighted by Gasteiger charge is 2.58. The van der Waals surface area contributed by atoms with Crippen molar-refractivity contribution in [3.05, 3.63) is 129 Å². The Balaban J connectivity index is 0.000000221. The Morgan fingerprint density at radius 2 is 0.845 bits per heavy atom. The Labute approximate surface area is 353 Å². The molecular formula is C46H56Cl2N6O4. The predicted octanol–water partition coefficient (Wildman–Crippen LogP) is 9.18. The van der Waals surface area contributed by atoms with Gasteiger partial charge < -0.3 is 30.6 Å². The number of hydrogen-bond acceptors (Lipinski definition) is 6. The van der Waals surface area contributed by atoms with E-state index >= 15 is 0 Å². The van der Waals surface area contributed by atoms with Crippen molar-refractivity contribution in [2.24, 2.45) is 9.98 Å². The molecule has 2 aliphatic rings. The van der Waals surface area contributed by atoms with Crippen molar-refractivity contribution in [2.75, 3.05) is 0 Å². The lowest BCUT2D eigenvalue weighted by Gasteiger charge is -2.44. The van der Waals surface area contributed by atoms with E-state index in [1.54, 1.807) is 46.2 Å². The third-order valence-corrected chi connectivity index (χ3v) is 9.67. The maximum Gasteiger partial charge on any atom is 0.278 e. The second-order valence-electron chi connectivity index (χ2n) is 18.7. The van der Waals surface area contributed by atoms with Crippen molar-refractivity contribution in [3.8, 4) is 0 Å². The monoisotopic (exact) mass is 826 g/mol. The first kappa shape index (κ1) is 44.4. The number of para-hydroxylation sites is 2. The van der Waals surface area contributed by atoms with Gasteiger partial charge in [-0.1, -0.05) is 71.7 Å². The van der Waals surface area contributed by atoms with Gasteiger partial charge in [-0.25, -0.2) is 9.98 Å². The fourth-order valence-electron chi connectivity index (χ4n) is 7.18. The van der Waals surface area contributed by atoms with Crippen LogP contribution in [0.15, 0.2) is 107 Å². The van der Waals surface area contributed by atoms with E-state index in [2.05, 4.69) is 10.6 Å². The number of carbonyl (C=O) groups excluding carboxylic acids is 2. The highest BCUT2D eigenvalue weighted by molar-refractivity contribution is 6.31. The molecule has 2 amide bonds. The number of benzene rings is 4. The minimum absolute atomic E-state index is 0.466. The molecule has 4 aromatic rings. The van der Waals surface area contributed by atoms with E-state index < -0.39 is 45.4 Å². The molecule has 308 valence electrons. The van der Waals surface area contributed by atoms with Gasteiger partial charge in [0.15, 0.2) is 0 Å². The lowest BCUT2D eigenvalue weighted by molar-refractivity contribution is -0.165. The zero-order valence-corrected chi connectivity index (χ0v) is 37.0. The summed E-state index contributed by atoms with van der Waals surface area (Å²) in [6.45, 7) is 22.9. The molecule has 0 bridgehead atoms. The molecule has 2 aliphatic heterocycles. The van der Waals surface area contributed by atoms with Gasteiger partial charge in [-0.15, -0.1) is 0 Å². The van der Waals surface area contributed by atoms with E-state index in [-0.39, 0.29) is 0 Å². The molecule has 0 aromatic heterocycles. The molecular weight excluding hydrogens is 771 g/mol. The molecule has 4 aromatic carbocycles. The molecule has 2 heterocycles. The van der Waals surface area contributed by atoms with Gasteiger partial charge in [-0.05, 0) is 132 Å². The van der Waals surface area contributed by atoms with E-state index in [0.29, 0.717) is 44.0 Å². The van der Waals surface area contributed by atoms with Crippen molar-refractivity contribution >= 4 is 58.1 Å². The van der Waals surface area contributed by atoms with Crippen LogP contribution in [0.2, 0.25) is 10.0 Å². The van der Waals surface area contributed by atoms with Crippen LogP contribution in [0.25, 0.3) is 0 Å². The Kier molecular flexibility index (Phi) is 12.1. The number of amides is 2. The average molecular weight is 828 g/mol. The normalized spacial score (nSPS) is 20.7. The quantitative estimate of drug-likeness (QED) is 0.162. The number of rotatable bonds is 4. The van der Waals surface area contributed by atoms with E-state index in [0.717, 1.165) is 11.4 Å². The number of amidine groups is 2. The number of halogens is 2. The van der Waals surface area contributed by atoms with E-state index in [4.69, 9.17) is 33.2 Å². The molecule has 10 nitrogen and oxygen atoms in total. The minimum Gasteiger partial charge on any atom is -0.359 e. The summed E-state index contributed by atoms with van der Waals surface area (Å²) in [5, 5.41) is 30.7. The lowest BCUT2D eigenvalue weighted by Crippen LogP contribution is -2.62. The number of fused-ring (bicyclic) bond motifs is 2. The standard InChI is InChI=1S/2C23H28ClN3O2/c2*1-21(2,3)26-20(28)23(29)18-13-12-15(24)14-17(18)19(27(23)22(4,5)6)25-16-10-8-7-9-11-16/h2*7-14,29H,1-6H3,(H,26,28)/t2*23-/m00/s1. The second-order valence-corrected chi connectivity index (χ2v) is 19.6. The van der Waals surface area contributed by atoms with Gasteiger partial charge in [0.1, 0.15) is 11.7 Å². The number of hydrogen-bond donors (Lipinski definition) is 4. The molecule has 0 fully saturated rings. The molecule has 4 N–H and O–H groups in total. The summed E-state index contributed by atoms with van der Waals surface area (Å²) in [5.41, 5.74) is -2.41. The molecule has 0 saturated heterocycles. The molecule has 0 unspecified atom stereocenters. The summed E-state index contributed by atoms with van der Waals surface area (Å²) < 4.78 is 0. The molecule has 6 rings (SSSR count). The highest BCUT2D eigenvalue weighted by atomic mass is 35.5. The summed E-state index contributed by atoms with van der Waals surface area (Å²) in [6.07, 6.45) is 0. The smallest absolute Gasteiger partial charge is 0.278 e. The van der Waals surface area contributed by atoms with Crippen LogP contribution >= 0.6 is 23.2 Å². The van der Waals surface area contributed by atoms with Crippen LogP contribution in [0.5, 0.6) is 0 Å². The summed E-state index contributed by atoms with van der Waals surface area (Å²) in [4.78, 5) is 39.8. The highest BCUT2D eigenvalue weighted by Crippen LogP contribution is 2.46. The van der Waals surface area contributed by atoms with Crippen molar-refractivity contribution in [1.29, 1.82) is 0 Å². The largest absolute Gasteiger partial charge is 0.359 e. The molecule has 0 saturated carbocycles. The Bertz CT molecular complexity index is 2080. The van der Waals surface area contributed by atoms with Gasteiger partial charge in [-0.2, -0.15) is 0 Å². The second kappa shape index (κ2) is 15.8. The van der Waals surface area contributed by atoms with Crippen LogP contribution in [0.1, 0.15) is 105 Å². The third kappa shape index (κ3) is 9.10. The predicted molar refractivity (Wildman–Crippen MR) is 235 cm³/mol. The van der Waals surface area contributed by atoms with Crippen LogP contribution in [0, 0.1) is 0 Å². The van der Waals surface area contributed by atoms with Crippen molar-refractivity contribution in [1.82, 2.24) is 20.4 Å². The molecule has 12 heteroatoms. The van der Waals surface area contributed by atoms with Crippen LogP contribution in [-0.4, -0.2) is 65.7 Å². The number of aliphatic hydroxyl groups is 2. The van der Waals surface area contributed by atoms with Gasteiger partial charge in [0.05, 0.1) is 11.4 Å². The maximum absolute atomic E-state index is 13.4. The average Bonchev–Trinajstić information content (AvgIpc) is 3.50. The Hall–Kier alpha value is -4.74. The summed E-state index contributed by atoms with van der Waals surface area (Å²) in [5.74, 6) is 0.0176. The van der Waals surface area contributed by atoms with Crippen LogP contribution < -0.4 is 10.6 Å². The first-order valence-electron chi connectivity index (χ1n) is 19.3. The Morgan fingerprint density at radius 1 is 0.534 bits per heavy atom. The minimum atomic E-state index is -1.92. The SMILES string of the molecule is CC(C)(C)NC(=O)[C@@]1(O)c2ccc(Cl)cc2C(=Nc2ccccc2)N1C(C)(C)C.CC(C)(C)NC(=O)[C@@]1(O)c2ccc(Cl)cc2C(=Nc2ccccc2)N1C(C)(C)C. The van der Waals surface area contributed by atoms with Gasteiger partial charge in [0.2, 0.25) is 11.4 Å². The molecule has 0 radical (unpaired) electrons. The van der Waals surface area contributed by atoms with Crippen molar-refractivity contribution in [2.45, 2.75) is 117 Å². The van der Waals surface area contributed by atoms with E-state index in [9.17, 15) is 19.8 Å². The topological polar surface area (TPSA) is 130 Å². The maximum atomic E-state index is 13.4. The van der Waals surface area contributed by atoms with Crippen molar-refractivity contribution in [3.63, 3.8) is 0 Å². The summed E-state index contributed by atoms with van der Waals surface area (Å²) in [7, 11) is 0. The van der Waals surface area contributed by atoms with E-state index in [1.807, 2.05) is 144 Å². The third-order valence-electron chi connectivity index (χ3n) is 9.20. The molecule has 0 spiro atoms.